The Bertz CT molecular complexity index is 464. The standard InChI is InChI=1S/C14H18N2O3/c1-3-19-13(17)9-6-11-4-7-12(8-5-11)16-14(18)10(2)15/h4-10H,3,15H2,1-2H3,(H,16,18)/t10-/m1/s1. The van der Waals surface area contributed by atoms with Gasteiger partial charge >= 0.3 is 5.97 Å². The van der Waals surface area contributed by atoms with Gasteiger partial charge in [-0.25, -0.2) is 4.79 Å². The molecule has 0 spiro atoms. The van der Waals surface area contributed by atoms with Gasteiger partial charge in [0.05, 0.1) is 12.6 Å². The van der Waals surface area contributed by atoms with E-state index >= 15 is 0 Å². The van der Waals surface area contributed by atoms with Gasteiger partial charge in [-0.15, -0.1) is 0 Å². The van der Waals surface area contributed by atoms with Gasteiger partial charge in [-0.3, -0.25) is 4.79 Å². The molecule has 0 aromatic heterocycles. The number of esters is 1. The minimum atomic E-state index is -0.552. The molecule has 0 heterocycles. The van der Waals surface area contributed by atoms with Crippen LogP contribution in [0.4, 0.5) is 5.69 Å². The maximum atomic E-state index is 11.4. The van der Waals surface area contributed by atoms with Crippen molar-refractivity contribution in [2.75, 3.05) is 11.9 Å². The van der Waals surface area contributed by atoms with E-state index in [0.717, 1.165) is 5.56 Å². The van der Waals surface area contributed by atoms with E-state index in [-0.39, 0.29) is 11.9 Å². The molecule has 1 aromatic rings. The Kier molecular flexibility index (Phi) is 5.75. The highest BCUT2D eigenvalue weighted by molar-refractivity contribution is 5.94. The molecule has 0 aliphatic carbocycles. The molecule has 1 amide bonds. The monoisotopic (exact) mass is 262 g/mol. The molecular weight excluding hydrogens is 244 g/mol. The summed E-state index contributed by atoms with van der Waals surface area (Å²) < 4.78 is 4.77. The Morgan fingerprint density at radius 3 is 2.53 bits per heavy atom. The van der Waals surface area contributed by atoms with Gasteiger partial charge in [0, 0.05) is 11.8 Å². The average molecular weight is 262 g/mol. The fourth-order valence-corrected chi connectivity index (χ4v) is 1.29. The SMILES string of the molecule is CCOC(=O)C=Cc1ccc(NC(=O)[C@@H](C)N)cc1. The highest BCUT2D eigenvalue weighted by Crippen LogP contribution is 2.11. The number of carbonyl (C=O) groups excluding carboxylic acids is 2. The van der Waals surface area contributed by atoms with E-state index in [0.29, 0.717) is 12.3 Å². The zero-order chi connectivity index (χ0) is 14.3. The summed E-state index contributed by atoms with van der Waals surface area (Å²) in [5.41, 5.74) is 6.95. The summed E-state index contributed by atoms with van der Waals surface area (Å²) >= 11 is 0. The molecule has 0 saturated carbocycles. The van der Waals surface area contributed by atoms with E-state index in [1.165, 1.54) is 6.08 Å². The number of ether oxygens (including phenoxy) is 1. The first-order chi connectivity index (χ1) is 9.02. The van der Waals surface area contributed by atoms with Gasteiger partial charge in [-0.2, -0.15) is 0 Å². The van der Waals surface area contributed by atoms with Crippen molar-refractivity contribution in [1.82, 2.24) is 0 Å². The summed E-state index contributed by atoms with van der Waals surface area (Å²) in [6, 6.07) is 6.50. The number of rotatable bonds is 5. The summed E-state index contributed by atoms with van der Waals surface area (Å²) in [5, 5.41) is 2.67. The molecule has 3 N–H and O–H groups in total. The molecular formula is C14H18N2O3. The number of nitrogens with one attached hydrogen (secondary N) is 1. The van der Waals surface area contributed by atoms with Crippen LogP contribution < -0.4 is 11.1 Å². The number of carbonyl (C=O) groups is 2. The lowest BCUT2D eigenvalue weighted by Gasteiger charge is -2.07. The zero-order valence-electron chi connectivity index (χ0n) is 11.1. The van der Waals surface area contributed by atoms with Crippen molar-refractivity contribution in [3.05, 3.63) is 35.9 Å². The first-order valence-electron chi connectivity index (χ1n) is 6.04. The van der Waals surface area contributed by atoms with Crippen molar-refractivity contribution < 1.29 is 14.3 Å². The van der Waals surface area contributed by atoms with Crippen LogP contribution in [0, 0.1) is 0 Å². The summed E-state index contributed by atoms with van der Waals surface area (Å²) in [7, 11) is 0. The summed E-state index contributed by atoms with van der Waals surface area (Å²) in [6.45, 7) is 3.72. The molecule has 0 unspecified atom stereocenters. The van der Waals surface area contributed by atoms with Crippen LogP contribution >= 0.6 is 0 Å². The molecule has 5 nitrogen and oxygen atoms in total. The molecule has 102 valence electrons. The van der Waals surface area contributed by atoms with Crippen LogP contribution in [0.3, 0.4) is 0 Å². The molecule has 1 aromatic carbocycles. The first kappa shape index (κ1) is 14.9. The third-order valence-electron chi connectivity index (χ3n) is 2.29. The number of nitrogens with two attached hydrogens (primary N) is 1. The number of hydrogen-bond donors (Lipinski definition) is 2. The molecule has 0 radical (unpaired) electrons. The van der Waals surface area contributed by atoms with Gasteiger partial charge in [0.1, 0.15) is 0 Å². The van der Waals surface area contributed by atoms with Crippen molar-refractivity contribution in [3.8, 4) is 0 Å². The van der Waals surface area contributed by atoms with E-state index < -0.39 is 6.04 Å². The van der Waals surface area contributed by atoms with Crippen molar-refractivity contribution in [2.24, 2.45) is 5.73 Å². The molecule has 1 atom stereocenters. The van der Waals surface area contributed by atoms with Crippen LogP contribution in [0.25, 0.3) is 6.08 Å². The number of anilines is 1. The van der Waals surface area contributed by atoms with Crippen LogP contribution in [-0.2, 0) is 14.3 Å². The van der Waals surface area contributed by atoms with Crippen molar-refractivity contribution >= 4 is 23.6 Å². The highest BCUT2D eigenvalue weighted by atomic mass is 16.5. The Morgan fingerprint density at radius 2 is 2.00 bits per heavy atom. The van der Waals surface area contributed by atoms with Crippen LogP contribution in [0.2, 0.25) is 0 Å². The second kappa shape index (κ2) is 7.33. The van der Waals surface area contributed by atoms with E-state index in [9.17, 15) is 9.59 Å². The molecule has 0 aliphatic rings. The molecule has 1 rings (SSSR count). The summed E-state index contributed by atoms with van der Waals surface area (Å²) in [6.07, 6.45) is 3.01. The van der Waals surface area contributed by atoms with Gasteiger partial charge in [0.25, 0.3) is 0 Å². The maximum absolute atomic E-state index is 11.4. The molecule has 5 heteroatoms. The largest absolute Gasteiger partial charge is 0.463 e. The van der Waals surface area contributed by atoms with Crippen molar-refractivity contribution in [1.29, 1.82) is 0 Å². The number of benzene rings is 1. The first-order valence-corrected chi connectivity index (χ1v) is 6.04. The normalized spacial score (nSPS) is 12.2. The van der Waals surface area contributed by atoms with Gasteiger partial charge < -0.3 is 15.8 Å². The quantitative estimate of drug-likeness (QED) is 0.623. The minimum Gasteiger partial charge on any atom is -0.463 e. The predicted molar refractivity (Wildman–Crippen MR) is 74.4 cm³/mol. The second-order valence-corrected chi connectivity index (χ2v) is 3.99. The average Bonchev–Trinajstić information content (AvgIpc) is 2.38. The van der Waals surface area contributed by atoms with Gasteiger partial charge in [-0.05, 0) is 37.6 Å². The second-order valence-electron chi connectivity index (χ2n) is 3.99. The van der Waals surface area contributed by atoms with Crippen molar-refractivity contribution in [3.63, 3.8) is 0 Å². The van der Waals surface area contributed by atoms with Crippen LogP contribution in [0.15, 0.2) is 30.3 Å². The summed E-state index contributed by atoms with van der Waals surface area (Å²) in [4.78, 5) is 22.5. The molecule has 0 saturated heterocycles. The lowest BCUT2D eigenvalue weighted by Crippen LogP contribution is -2.32. The topological polar surface area (TPSA) is 81.4 Å². The lowest BCUT2D eigenvalue weighted by molar-refractivity contribution is -0.137. The third-order valence-corrected chi connectivity index (χ3v) is 2.29. The molecule has 19 heavy (non-hydrogen) atoms. The lowest BCUT2D eigenvalue weighted by atomic mass is 10.2. The van der Waals surface area contributed by atoms with E-state index in [1.807, 2.05) is 0 Å². The van der Waals surface area contributed by atoms with Crippen LogP contribution in [0.1, 0.15) is 19.4 Å². The van der Waals surface area contributed by atoms with E-state index in [4.69, 9.17) is 10.5 Å². The van der Waals surface area contributed by atoms with Crippen LogP contribution in [0.5, 0.6) is 0 Å². The third kappa shape index (κ3) is 5.35. The van der Waals surface area contributed by atoms with Crippen molar-refractivity contribution in [2.45, 2.75) is 19.9 Å². The number of amides is 1. The Balaban J connectivity index is 2.61. The summed E-state index contributed by atoms with van der Waals surface area (Å²) in [5.74, 6) is -0.619. The van der Waals surface area contributed by atoms with Gasteiger partial charge in [0.2, 0.25) is 5.91 Å². The zero-order valence-corrected chi connectivity index (χ0v) is 11.1. The predicted octanol–water partition coefficient (Wildman–Crippen LogP) is 1.55. The molecule has 0 aliphatic heterocycles. The van der Waals surface area contributed by atoms with E-state index in [1.54, 1.807) is 44.2 Å². The van der Waals surface area contributed by atoms with Crippen LogP contribution in [-0.4, -0.2) is 24.5 Å². The van der Waals surface area contributed by atoms with Gasteiger partial charge in [-0.1, -0.05) is 12.1 Å². The highest BCUT2D eigenvalue weighted by Gasteiger charge is 2.06. The van der Waals surface area contributed by atoms with E-state index in [2.05, 4.69) is 5.32 Å². The Morgan fingerprint density at radius 1 is 1.37 bits per heavy atom. The Hall–Kier alpha value is -2.14. The fraction of sp³-hybridized carbons (Fsp3) is 0.286. The molecule has 0 bridgehead atoms. The fourth-order valence-electron chi connectivity index (χ4n) is 1.29. The Labute approximate surface area is 112 Å². The molecule has 0 fully saturated rings. The van der Waals surface area contributed by atoms with Gasteiger partial charge in [0.15, 0.2) is 0 Å². The number of hydrogen-bond acceptors (Lipinski definition) is 4. The minimum absolute atomic E-state index is 0.241. The maximum Gasteiger partial charge on any atom is 0.330 e. The smallest absolute Gasteiger partial charge is 0.330 e.